The lowest BCUT2D eigenvalue weighted by atomic mass is 10.1. The van der Waals surface area contributed by atoms with Crippen molar-refractivity contribution in [2.24, 2.45) is 5.92 Å². The molecule has 2 amide bonds. The van der Waals surface area contributed by atoms with Crippen molar-refractivity contribution in [3.8, 4) is 0 Å². The second-order valence-electron chi connectivity index (χ2n) is 5.77. The van der Waals surface area contributed by atoms with E-state index in [0.717, 1.165) is 10.0 Å². The van der Waals surface area contributed by atoms with Crippen LogP contribution in [-0.2, 0) is 16.1 Å². The molecule has 0 aliphatic carbocycles. The van der Waals surface area contributed by atoms with Gasteiger partial charge in [0.15, 0.2) is 0 Å². The Morgan fingerprint density at radius 1 is 1.25 bits per heavy atom. The van der Waals surface area contributed by atoms with Gasteiger partial charge in [-0.25, -0.2) is 0 Å². The molecule has 0 spiro atoms. The van der Waals surface area contributed by atoms with Crippen molar-refractivity contribution in [1.82, 2.24) is 4.90 Å². The minimum Gasteiger partial charge on any atom is -0.338 e. The van der Waals surface area contributed by atoms with E-state index in [4.69, 9.17) is 11.6 Å². The van der Waals surface area contributed by atoms with Crippen molar-refractivity contribution in [1.29, 1.82) is 0 Å². The number of amides is 2. The van der Waals surface area contributed by atoms with Crippen molar-refractivity contribution in [2.45, 2.75) is 13.0 Å². The van der Waals surface area contributed by atoms with E-state index in [1.54, 1.807) is 17.0 Å². The Kier molecular flexibility index (Phi) is 5.21. The van der Waals surface area contributed by atoms with Gasteiger partial charge in [0.2, 0.25) is 11.8 Å². The molecule has 1 atom stereocenters. The van der Waals surface area contributed by atoms with Gasteiger partial charge in [-0.1, -0.05) is 57.9 Å². The van der Waals surface area contributed by atoms with Gasteiger partial charge in [0.25, 0.3) is 0 Å². The van der Waals surface area contributed by atoms with Gasteiger partial charge in [0, 0.05) is 24.0 Å². The van der Waals surface area contributed by atoms with E-state index < -0.39 is 0 Å². The first kappa shape index (κ1) is 17.0. The third-order valence-corrected chi connectivity index (χ3v) is 4.80. The molecule has 2 aromatic carbocycles. The maximum atomic E-state index is 12.4. The number of hydrogen-bond acceptors (Lipinski definition) is 2. The number of carbonyl (C=O) groups excluding carboxylic acids is 2. The molecular weight excluding hydrogens is 392 g/mol. The Balaban J connectivity index is 1.63. The first-order chi connectivity index (χ1) is 11.5. The van der Waals surface area contributed by atoms with E-state index in [1.165, 1.54) is 0 Å². The highest BCUT2D eigenvalue weighted by Crippen LogP contribution is 2.27. The highest BCUT2D eigenvalue weighted by Gasteiger charge is 2.34. The molecule has 4 nitrogen and oxygen atoms in total. The third-order valence-electron chi connectivity index (χ3n) is 3.99. The molecule has 2 aromatic rings. The number of nitrogens with one attached hydrogen (secondary N) is 1. The van der Waals surface area contributed by atoms with E-state index in [9.17, 15) is 9.59 Å². The standard InChI is InChI=1S/C18H16BrClN2O2/c19-14-6-7-16(15(20)9-14)21-18(24)13-8-17(23)22(11-13)10-12-4-2-1-3-5-12/h1-7,9,13H,8,10-11H2,(H,21,24)/t13-/m0/s1. The maximum Gasteiger partial charge on any atom is 0.229 e. The van der Waals surface area contributed by atoms with Crippen LogP contribution in [0, 0.1) is 5.92 Å². The summed E-state index contributed by atoms with van der Waals surface area (Å²) in [7, 11) is 0. The summed E-state index contributed by atoms with van der Waals surface area (Å²) in [5, 5.41) is 3.28. The SMILES string of the molecule is O=C(Nc1ccc(Br)cc1Cl)[C@H]1CC(=O)N(Cc2ccccc2)C1. The van der Waals surface area contributed by atoms with Crippen LogP contribution in [0.5, 0.6) is 0 Å². The number of benzene rings is 2. The highest BCUT2D eigenvalue weighted by molar-refractivity contribution is 9.10. The highest BCUT2D eigenvalue weighted by atomic mass is 79.9. The first-order valence-electron chi connectivity index (χ1n) is 7.60. The zero-order chi connectivity index (χ0) is 17.1. The van der Waals surface area contributed by atoms with E-state index >= 15 is 0 Å². The number of rotatable bonds is 4. The molecular formula is C18H16BrClN2O2. The summed E-state index contributed by atoms with van der Waals surface area (Å²) < 4.78 is 0.843. The molecule has 24 heavy (non-hydrogen) atoms. The Bertz CT molecular complexity index is 767. The number of halogens is 2. The second kappa shape index (κ2) is 7.36. The van der Waals surface area contributed by atoms with E-state index in [1.807, 2.05) is 36.4 Å². The van der Waals surface area contributed by atoms with Crippen LogP contribution in [0.25, 0.3) is 0 Å². The zero-order valence-electron chi connectivity index (χ0n) is 12.8. The van der Waals surface area contributed by atoms with Crippen molar-refractivity contribution in [3.63, 3.8) is 0 Å². The lowest BCUT2D eigenvalue weighted by molar-refractivity contribution is -0.128. The number of nitrogens with zero attached hydrogens (tertiary/aromatic N) is 1. The number of likely N-dealkylation sites (tertiary alicyclic amines) is 1. The summed E-state index contributed by atoms with van der Waals surface area (Å²) in [4.78, 5) is 26.3. The second-order valence-corrected chi connectivity index (χ2v) is 7.10. The summed E-state index contributed by atoms with van der Waals surface area (Å²) in [6.45, 7) is 0.955. The van der Waals surface area contributed by atoms with Gasteiger partial charge in [-0.15, -0.1) is 0 Å². The van der Waals surface area contributed by atoms with Crippen LogP contribution in [-0.4, -0.2) is 23.3 Å². The molecule has 0 radical (unpaired) electrons. The van der Waals surface area contributed by atoms with Crippen LogP contribution in [0.4, 0.5) is 5.69 Å². The van der Waals surface area contributed by atoms with Gasteiger partial charge < -0.3 is 10.2 Å². The van der Waals surface area contributed by atoms with Crippen LogP contribution in [0.15, 0.2) is 53.0 Å². The molecule has 1 fully saturated rings. The molecule has 1 aliphatic heterocycles. The number of anilines is 1. The van der Waals surface area contributed by atoms with Crippen molar-refractivity contribution in [3.05, 3.63) is 63.6 Å². The molecule has 0 bridgehead atoms. The first-order valence-corrected chi connectivity index (χ1v) is 8.77. The Hall–Kier alpha value is -1.85. The van der Waals surface area contributed by atoms with Crippen LogP contribution >= 0.6 is 27.5 Å². The van der Waals surface area contributed by atoms with Gasteiger partial charge in [0.05, 0.1) is 16.6 Å². The smallest absolute Gasteiger partial charge is 0.229 e. The molecule has 1 aliphatic rings. The van der Waals surface area contributed by atoms with Crippen molar-refractivity contribution >= 4 is 45.0 Å². The fourth-order valence-corrected chi connectivity index (χ4v) is 3.45. The lowest BCUT2D eigenvalue weighted by Gasteiger charge is -2.17. The van der Waals surface area contributed by atoms with Gasteiger partial charge in [-0.3, -0.25) is 9.59 Å². The molecule has 124 valence electrons. The summed E-state index contributed by atoms with van der Waals surface area (Å²) in [5.74, 6) is -0.537. The van der Waals surface area contributed by atoms with Crippen molar-refractivity contribution < 1.29 is 9.59 Å². The van der Waals surface area contributed by atoms with E-state index in [-0.39, 0.29) is 24.2 Å². The average molecular weight is 408 g/mol. The quantitative estimate of drug-likeness (QED) is 0.830. The Labute approximate surface area is 153 Å². The fraction of sp³-hybridized carbons (Fsp3) is 0.222. The van der Waals surface area contributed by atoms with Crippen LogP contribution in [0.2, 0.25) is 5.02 Å². The van der Waals surface area contributed by atoms with E-state index in [0.29, 0.717) is 23.8 Å². The molecule has 6 heteroatoms. The number of carbonyl (C=O) groups is 2. The minimum absolute atomic E-state index is 0.000839. The summed E-state index contributed by atoms with van der Waals surface area (Å²) in [6, 6.07) is 15.0. The summed E-state index contributed by atoms with van der Waals surface area (Å²) in [6.07, 6.45) is 0.229. The largest absolute Gasteiger partial charge is 0.338 e. The molecule has 0 unspecified atom stereocenters. The van der Waals surface area contributed by atoms with E-state index in [2.05, 4.69) is 21.2 Å². The van der Waals surface area contributed by atoms with Gasteiger partial charge in [-0.2, -0.15) is 0 Å². The van der Waals surface area contributed by atoms with Gasteiger partial charge >= 0.3 is 0 Å². The normalized spacial score (nSPS) is 17.2. The summed E-state index contributed by atoms with van der Waals surface area (Å²) >= 11 is 9.45. The monoisotopic (exact) mass is 406 g/mol. The average Bonchev–Trinajstić information content (AvgIpc) is 2.92. The van der Waals surface area contributed by atoms with Gasteiger partial charge in [-0.05, 0) is 23.8 Å². The molecule has 1 N–H and O–H groups in total. The molecule has 0 saturated carbocycles. The zero-order valence-corrected chi connectivity index (χ0v) is 15.2. The Morgan fingerprint density at radius 2 is 2.00 bits per heavy atom. The minimum atomic E-state index is -0.360. The van der Waals surface area contributed by atoms with Crippen LogP contribution in [0.1, 0.15) is 12.0 Å². The molecule has 1 saturated heterocycles. The van der Waals surface area contributed by atoms with Gasteiger partial charge in [0.1, 0.15) is 0 Å². The lowest BCUT2D eigenvalue weighted by Crippen LogP contribution is -2.28. The topological polar surface area (TPSA) is 49.4 Å². The molecule has 3 rings (SSSR count). The number of hydrogen-bond donors (Lipinski definition) is 1. The third kappa shape index (κ3) is 3.97. The van der Waals surface area contributed by atoms with Crippen LogP contribution < -0.4 is 5.32 Å². The fourth-order valence-electron chi connectivity index (χ4n) is 2.73. The molecule has 1 heterocycles. The predicted octanol–water partition coefficient (Wildman–Crippen LogP) is 4.09. The van der Waals surface area contributed by atoms with Crippen molar-refractivity contribution in [2.75, 3.05) is 11.9 Å². The Morgan fingerprint density at radius 3 is 2.71 bits per heavy atom. The maximum absolute atomic E-state index is 12.4. The predicted molar refractivity (Wildman–Crippen MR) is 97.7 cm³/mol. The van der Waals surface area contributed by atoms with Crippen LogP contribution in [0.3, 0.4) is 0 Å². The summed E-state index contributed by atoms with van der Waals surface area (Å²) in [5.41, 5.74) is 1.61. The molecule has 0 aromatic heterocycles.